The number of hydrogen-bond donors (Lipinski definition) is 1. The van der Waals surface area contributed by atoms with E-state index in [1.165, 1.54) is 5.56 Å². The molecule has 0 bridgehead atoms. The van der Waals surface area contributed by atoms with Gasteiger partial charge < -0.3 is 9.84 Å². The molecule has 3 heteroatoms. The van der Waals surface area contributed by atoms with Gasteiger partial charge in [-0.15, -0.1) is 0 Å². The van der Waals surface area contributed by atoms with Gasteiger partial charge in [0, 0.05) is 24.7 Å². The molecule has 1 aliphatic heterocycles. The molecule has 2 rings (SSSR count). The van der Waals surface area contributed by atoms with Gasteiger partial charge in [-0.2, -0.15) is 0 Å². The molecule has 1 aliphatic rings. The first kappa shape index (κ1) is 14.2. The van der Waals surface area contributed by atoms with Gasteiger partial charge >= 0.3 is 0 Å². The van der Waals surface area contributed by atoms with E-state index in [1.807, 2.05) is 6.07 Å². The van der Waals surface area contributed by atoms with Gasteiger partial charge in [-0.1, -0.05) is 27.7 Å². The van der Waals surface area contributed by atoms with Crippen molar-refractivity contribution in [3.63, 3.8) is 0 Å². The quantitative estimate of drug-likeness (QED) is 0.883. The van der Waals surface area contributed by atoms with E-state index in [-0.39, 0.29) is 5.75 Å². The normalized spacial score (nSPS) is 18.2. The molecular weight excluding hydrogens is 238 g/mol. The van der Waals surface area contributed by atoms with Crippen molar-refractivity contribution < 1.29 is 9.84 Å². The topological polar surface area (TPSA) is 32.7 Å². The molecule has 1 N–H and O–H groups in total. The van der Waals surface area contributed by atoms with E-state index in [0.717, 1.165) is 18.8 Å². The Morgan fingerprint density at radius 1 is 1.21 bits per heavy atom. The molecule has 0 aliphatic carbocycles. The molecule has 0 saturated heterocycles. The highest BCUT2D eigenvalue weighted by Crippen LogP contribution is 2.38. The number of phenols is 1. The Kier molecular flexibility index (Phi) is 4.35. The van der Waals surface area contributed by atoms with Gasteiger partial charge in [0.15, 0.2) is 0 Å². The number of fused-ring (bicyclic) bond motifs is 1. The zero-order valence-electron chi connectivity index (χ0n) is 12.4. The summed E-state index contributed by atoms with van der Waals surface area (Å²) in [5.74, 6) is 2.39. The third kappa shape index (κ3) is 3.41. The number of aromatic hydroxyl groups is 1. The van der Waals surface area contributed by atoms with Crippen LogP contribution in [0.2, 0.25) is 0 Å². The van der Waals surface area contributed by atoms with E-state index in [2.05, 4.69) is 32.6 Å². The summed E-state index contributed by atoms with van der Waals surface area (Å²) < 4.78 is 5.73. The lowest BCUT2D eigenvalue weighted by Crippen LogP contribution is -2.35. The average Bonchev–Trinajstić information content (AvgIpc) is 2.69. The Balaban J connectivity index is 2.20. The second-order valence-electron chi connectivity index (χ2n) is 6.29. The molecule has 0 spiro atoms. The third-order valence-corrected chi connectivity index (χ3v) is 3.39. The zero-order chi connectivity index (χ0) is 14.0. The number of nitrogens with zero attached hydrogens (tertiary/aromatic N) is 1. The van der Waals surface area contributed by atoms with Crippen LogP contribution in [0.15, 0.2) is 18.2 Å². The van der Waals surface area contributed by atoms with Gasteiger partial charge in [-0.3, -0.25) is 4.90 Å². The SMILES string of the molecule is CC(C)CN(CC(C)C)C1COc2cc(O)ccc21. The maximum Gasteiger partial charge on any atom is 0.127 e. The molecule has 0 fully saturated rings. The minimum atomic E-state index is 0.277. The largest absolute Gasteiger partial charge is 0.508 e. The molecule has 0 saturated carbocycles. The van der Waals surface area contributed by atoms with E-state index < -0.39 is 0 Å². The Bertz CT molecular complexity index is 419. The summed E-state index contributed by atoms with van der Waals surface area (Å²) in [4.78, 5) is 2.51. The molecule has 0 radical (unpaired) electrons. The number of rotatable bonds is 5. The predicted molar refractivity (Wildman–Crippen MR) is 77.6 cm³/mol. The summed E-state index contributed by atoms with van der Waals surface area (Å²) in [6, 6.07) is 5.79. The lowest BCUT2D eigenvalue weighted by atomic mass is 10.0. The van der Waals surface area contributed by atoms with E-state index in [9.17, 15) is 5.11 Å². The summed E-state index contributed by atoms with van der Waals surface area (Å²) in [6.07, 6.45) is 0. The fourth-order valence-electron chi connectivity index (χ4n) is 2.75. The first-order valence-corrected chi connectivity index (χ1v) is 7.17. The molecule has 3 nitrogen and oxygen atoms in total. The molecule has 1 unspecified atom stereocenters. The standard InChI is InChI=1S/C16H25NO2/c1-11(2)8-17(9-12(3)4)15-10-19-16-7-13(18)5-6-14(15)16/h5-7,11-12,15,18H,8-10H2,1-4H3. The first-order valence-electron chi connectivity index (χ1n) is 7.17. The van der Waals surface area contributed by atoms with Crippen molar-refractivity contribution in [2.75, 3.05) is 19.7 Å². The average molecular weight is 263 g/mol. The van der Waals surface area contributed by atoms with Gasteiger partial charge in [0.2, 0.25) is 0 Å². The van der Waals surface area contributed by atoms with Gasteiger partial charge in [-0.25, -0.2) is 0 Å². The number of benzene rings is 1. The van der Waals surface area contributed by atoms with Crippen LogP contribution in [0.1, 0.15) is 39.3 Å². The van der Waals surface area contributed by atoms with E-state index in [0.29, 0.717) is 24.5 Å². The summed E-state index contributed by atoms with van der Waals surface area (Å²) >= 11 is 0. The molecule has 19 heavy (non-hydrogen) atoms. The molecule has 1 heterocycles. The Morgan fingerprint density at radius 2 is 1.84 bits per heavy atom. The van der Waals surface area contributed by atoms with Crippen LogP contribution in [0.25, 0.3) is 0 Å². The van der Waals surface area contributed by atoms with Crippen LogP contribution in [0.4, 0.5) is 0 Å². The predicted octanol–water partition coefficient (Wildman–Crippen LogP) is 3.44. The molecule has 1 aromatic carbocycles. The Labute approximate surface area is 116 Å². The molecular formula is C16H25NO2. The molecule has 0 aromatic heterocycles. The van der Waals surface area contributed by atoms with Crippen LogP contribution < -0.4 is 4.74 Å². The van der Waals surface area contributed by atoms with Gasteiger partial charge in [0.05, 0.1) is 6.04 Å². The van der Waals surface area contributed by atoms with Crippen LogP contribution >= 0.6 is 0 Å². The van der Waals surface area contributed by atoms with Crippen LogP contribution in [0.3, 0.4) is 0 Å². The van der Waals surface area contributed by atoms with Crippen molar-refractivity contribution in [3.8, 4) is 11.5 Å². The molecule has 1 aromatic rings. The minimum absolute atomic E-state index is 0.277. The minimum Gasteiger partial charge on any atom is -0.508 e. The zero-order valence-corrected chi connectivity index (χ0v) is 12.4. The second kappa shape index (κ2) is 5.83. The maximum atomic E-state index is 9.52. The maximum absolute atomic E-state index is 9.52. The fourth-order valence-corrected chi connectivity index (χ4v) is 2.75. The number of phenolic OH excluding ortho intramolecular Hbond substituents is 1. The van der Waals surface area contributed by atoms with Crippen molar-refractivity contribution >= 4 is 0 Å². The molecule has 106 valence electrons. The van der Waals surface area contributed by atoms with Crippen molar-refractivity contribution in [3.05, 3.63) is 23.8 Å². The van der Waals surface area contributed by atoms with E-state index in [1.54, 1.807) is 12.1 Å². The Morgan fingerprint density at radius 3 is 2.42 bits per heavy atom. The van der Waals surface area contributed by atoms with Crippen molar-refractivity contribution in [1.82, 2.24) is 4.90 Å². The second-order valence-corrected chi connectivity index (χ2v) is 6.29. The number of hydrogen-bond acceptors (Lipinski definition) is 3. The summed E-state index contributed by atoms with van der Waals surface area (Å²) in [7, 11) is 0. The number of ether oxygens (including phenoxy) is 1. The fraction of sp³-hybridized carbons (Fsp3) is 0.625. The van der Waals surface area contributed by atoms with Crippen LogP contribution in [-0.2, 0) is 0 Å². The van der Waals surface area contributed by atoms with Gasteiger partial charge in [0.25, 0.3) is 0 Å². The van der Waals surface area contributed by atoms with Crippen LogP contribution in [0.5, 0.6) is 11.5 Å². The smallest absolute Gasteiger partial charge is 0.127 e. The van der Waals surface area contributed by atoms with Crippen LogP contribution in [0, 0.1) is 11.8 Å². The summed E-state index contributed by atoms with van der Waals surface area (Å²) in [6.45, 7) is 11.8. The highest BCUT2D eigenvalue weighted by atomic mass is 16.5. The highest BCUT2D eigenvalue weighted by Gasteiger charge is 2.30. The molecule has 1 atom stereocenters. The summed E-state index contributed by atoms with van der Waals surface area (Å²) in [5, 5.41) is 9.52. The lowest BCUT2D eigenvalue weighted by molar-refractivity contribution is 0.132. The monoisotopic (exact) mass is 263 g/mol. The van der Waals surface area contributed by atoms with Crippen molar-refractivity contribution in [2.45, 2.75) is 33.7 Å². The Hall–Kier alpha value is -1.22. The van der Waals surface area contributed by atoms with E-state index in [4.69, 9.17) is 4.74 Å². The first-order chi connectivity index (χ1) is 8.97. The molecule has 0 amide bonds. The van der Waals surface area contributed by atoms with Crippen molar-refractivity contribution in [1.29, 1.82) is 0 Å². The lowest BCUT2D eigenvalue weighted by Gasteiger charge is -2.31. The third-order valence-electron chi connectivity index (χ3n) is 3.39. The van der Waals surface area contributed by atoms with Gasteiger partial charge in [0.1, 0.15) is 18.1 Å². The van der Waals surface area contributed by atoms with Crippen LogP contribution in [-0.4, -0.2) is 29.7 Å². The summed E-state index contributed by atoms with van der Waals surface area (Å²) in [5.41, 5.74) is 1.21. The van der Waals surface area contributed by atoms with Gasteiger partial charge in [-0.05, 0) is 24.0 Å². The van der Waals surface area contributed by atoms with E-state index >= 15 is 0 Å². The highest BCUT2D eigenvalue weighted by molar-refractivity contribution is 5.44. The van der Waals surface area contributed by atoms with Crippen molar-refractivity contribution in [2.24, 2.45) is 11.8 Å².